The highest BCUT2D eigenvalue weighted by atomic mass is 19.4. The number of para-hydroxylation sites is 2. The number of hydrogen-bond donors (Lipinski definition) is 0. The first-order valence-electron chi connectivity index (χ1n) is 9.98. The van der Waals surface area contributed by atoms with Crippen LogP contribution in [0.25, 0.3) is 0 Å². The lowest BCUT2D eigenvalue weighted by atomic mass is 10.2. The van der Waals surface area contributed by atoms with Gasteiger partial charge in [-0.3, -0.25) is 0 Å². The number of alkyl halides is 3. The predicted octanol–water partition coefficient (Wildman–Crippen LogP) is 6.01. The van der Waals surface area contributed by atoms with Crippen molar-refractivity contribution in [3.8, 4) is 11.6 Å². The van der Waals surface area contributed by atoms with Gasteiger partial charge in [-0.1, -0.05) is 38.8 Å². The summed E-state index contributed by atoms with van der Waals surface area (Å²) in [5, 5.41) is 0. The molecule has 0 radical (unpaired) electrons. The Balaban J connectivity index is 2.39. The summed E-state index contributed by atoms with van der Waals surface area (Å²) in [5.41, 5.74) is -0.274. The summed E-state index contributed by atoms with van der Waals surface area (Å²) >= 11 is 0. The maximum Gasteiger partial charge on any atom is 0.423 e. The molecule has 8 heteroatoms. The molecule has 1 aromatic heterocycles. The van der Waals surface area contributed by atoms with Crippen LogP contribution < -0.4 is 14.4 Å². The molecule has 2 aromatic rings. The van der Waals surface area contributed by atoms with Crippen LogP contribution >= 0.6 is 0 Å². The second-order valence-electron chi connectivity index (χ2n) is 6.50. The van der Waals surface area contributed by atoms with Crippen molar-refractivity contribution in [1.82, 2.24) is 9.97 Å². The van der Waals surface area contributed by atoms with Crippen LogP contribution in [0.3, 0.4) is 0 Å². The molecule has 0 aliphatic rings. The zero-order valence-electron chi connectivity index (χ0n) is 17.1. The van der Waals surface area contributed by atoms with E-state index in [2.05, 4.69) is 9.97 Å². The molecule has 0 aliphatic carbocycles. The molecular weight excluding hydrogens is 383 g/mol. The maximum atomic E-state index is 13.4. The van der Waals surface area contributed by atoms with E-state index < -0.39 is 17.6 Å². The first kappa shape index (κ1) is 22.8. The van der Waals surface area contributed by atoms with Crippen molar-refractivity contribution in [3.05, 3.63) is 36.0 Å². The van der Waals surface area contributed by atoms with Gasteiger partial charge in [-0.15, -0.1) is 0 Å². The third-order valence-electron chi connectivity index (χ3n) is 4.21. The minimum absolute atomic E-state index is 0.138. The van der Waals surface area contributed by atoms with Gasteiger partial charge in [0.05, 0.1) is 18.9 Å². The van der Waals surface area contributed by atoms with E-state index in [1.807, 2.05) is 45.0 Å². The average Bonchev–Trinajstić information content (AvgIpc) is 2.70. The van der Waals surface area contributed by atoms with Crippen LogP contribution in [-0.2, 0) is 6.18 Å². The lowest BCUT2D eigenvalue weighted by Crippen LogP contribution is -2.21. The summed E-state index contributed by atoms with van der Waals surface area (Å²) < 4.78 is 51.3. The van der Waals surface area contributed by atoms with Gasteiger partial charge in [0.25, 0.3) is 0 Å². The van der Waals surface area contributed by atoms with Gasteiger partial charge in [-0.25, -0.2) is 4.98 Å². The van der Waals surface area contributed by atoms with E-state index in [1.54, 1.807) is 4.90 Å². The Hall–Kier alpha value is -2.51. The minimum Gasteiger partial charge on any atom is -0.491 e. The Morgan fingerprint density at radius 1 is 0.966 bits per heavy atom. The third kappa shape index (κ3) is 6.24. The lowest BCUT2D eigenvalue weighted by Gasteiger charge is -2.24. The van der Waals surface area contributed by atoms with Crippen LogP contribution in [0.5, 0.6) is 11.6 Å². The number of benzene rings is 1. The molecular formula is C21H28F3N3O2. The smallest absolute Gasteiger partial charge is 0.423 e. The Morgan fingerprint density at radius 2 is 1.72 bits per heavy atom. The molecule has 0 aliphatic heterocycles. The fourth-order valence-electron chi connectivity index (χ4n) is 2.75. The molecule has 2 rings (SSSR count). The van der Waals surface area contributed by atoms with Gasteiger partial charge < -0.3 is 14.4 Å². The van der Waals surface area contributed by atoms with Crippen LogP contribution in [0, 0.1) is 0 Å². The van der Waals surface area contributed by atoms with Crippen molar-refractivity contribution < 1.29 is 22.6 Å². The van der Waals surface area contributed by atoms with Gasteiger partial charge in [0.2, 0.25) is 11.8 Å². The molecule has 0 atom stereocenters. The van der Waals surface area contributed by atoms with Gasteiger partial charge in [0.15, 0.2) is 0 Å². The van der Waals surface area contributed by atoms with E-state index in [1.165, 1.54) is 0 Å². The summed E-state index contributed by atoms with van der Waals surface area (Å²) in [6, 6.07) is 7.33. The third-order valence-corrected chi connectivity index (χ3v) is 4.21. The number of hydrogen-bond acceptors (Lipinski definition) is 5. The first-order chi connectivity index (χ1) is 13.9. The monoisotopic (exact) mass is 411 g/mol. The van der Waals surface area contributed by atoms with Crippen molar-refractivity contribution >= 4 is 11.6 Å². The number of anilines is 2. The van der Waals surface area contributed by atoms with E-state index >= 15 is 0 Å². The van der Waals surface area contributed by atoms with Crippen molar-refractivity contribution in [3.63, 3.8) is 0 Å². The molecule has 0 amide bonds. The zero-order chi connectivity index (χ0) is 21.3. The fourth-order valence-corrected chi connectivity index (χ4v) is 2.75. The van der Waals surface area contributed by atoms with Gasteiger partial charge in [0, 0.05) is 12.7 Å². The van der Waals surface area contributed by atoms with E-state index in [0.29, 0.717) is 31.0 Å². The van der Waals surface area contributed by atoms with Crippen molar-refractivity contribution in [2.24, 2.45) is 0 Å². The lowest BCUT2D eigenvalue weighted by molar-refractivity contribution is -0.139. The van der Waals surface area contributed by atoms with Crippen LogP contribution in [0.4, 0.5) is 24.8 Å². The number of rotatable bonds is 11. The molecule has 29 heavy (non-hydrogen) atoms. The van der Waals surface area contributed by atoms with Crippen molar-refractivity contribution in [2.45, 2.75) is 52.6 Å². The first-order valence-corrected chi connectivity index (χ1v) is 9.98. The molecule has 0 bridgehead atoms. The molecule has 0 fully saturated rings. The van der Waals surface area contributed by atoms with Crippen LogP contribution in [0.1, 0.15) is 52.0 Å². The largest absolute Gasteiger partial charge is 0.491 e. The number of nitrogens with zero attached hydrogens (tertiary/aromatic N) is 3. The predicted molar refractivity (Wildman–Crippen MR) is 107 cm³/mol. The van der Waals surface area contributed by atoms with Gasteiger partial charge in [-0.2, -0.15) is 18.2 Å². The van der Waals surface area contributed by atoms with Crippen LogP contribution in [-0.4, -0.2) is 29.7 Å². The Kier molecular flexibility index (Phi) is 8.54. The normalized spacial score (nSPS) is 11.4. The Labute approximate surface area is 169 Å². The molecule has 0 N–H and O–H groups in total. The van der Waals surface area contributed by atoms with Crippen molar-refractivity contribution in [2.75, 3.05) is 24.7 Å². The van der Waals surface area contributed by atoms with E-state index in [0.717, 1.165) is 25.5 Å². The van der Waals surface area contributed by atoms with E-state index in [9.17, 15) is 13.2 Å². The molecule has 0 saturated carbocycles. The number of ether oxygens (including phenoxy) is 2. The molecule has 0 unspecified atom stereocenters. The molecule has 160 valence electrons. The molecule has 0 saturated heterocycles. The highest BCUT2D eigenvalue weighted by Crippen LogP contribution is 2.37. The maximum absolute atomic E-state index is 13.4. The molecule has 1 heterocycles. The fraction of sp³-hybridized carbons (Fsp3) is 0.524. The quantitative estimate of drug-likeness (QED) is 0.424. The molecule has 1 aromatic carbocycles. The second kappa shape index (κ2) is 10.9. The molecule has 0 spiro atoms. The highest BCUT2D eigenvalue weighted by Gasteiger charge is 2.36. The number of aromatic nitrogens is 2. The summed E-state index contributed by atoms with van der Waals surface area (Å²) in [6.07, 6.45) is -0.468. The number of unbranched alkanes of at least 4 members (excludes halogenated alkanes) is 2. The minimum atomic E-state index is -4.59. The summed E-state index contributed by atoms with van der Waals surface area (Å²) in [4.78, 5) is 9.81. The van der Waals surface area contributed by atoms with E-state index in [4.69, 9.17) is 9.47 Å². The van der Waals surface area contributed by atoms with E-state index in [-0.39, 0.29) is 12.6 Å². The zero-order valence-corrected chi connectivity index (χ0v) is 17.1. The second-order valence-corrected chi connectivity index (χ2v) is 6.50. The Bertz CT molecular complexity index is 769. The van der Waals surface area contributed by atoms with Crippen LogP contribution in [0.15, 0.2) is 30.5 Å². The SMILES string of the molecule is CCCCCOc1nc(N(CC)c2ccccc2OCCC)ncc1C(F)(F)F. The molecule has 5 nitrogen and oxygen atoms in total. The summed E-state index contributed by atoms with van der Waals surface area (Å²) in [6.45, 7) is 7.05. The average molecular weight is 411 g/mol. The van der Waals surface area contributed by atoms with Gasteiger partial charge in [-0.05, 0) is 31.9 Å². The standard InChI is InChI=1S/C21H28F3N3O2/c1-4-7-10-14-29-19-16(21(22,23)24)15-25-20(26-19)27(6-3)17-11-8-9-12-18(17)28-13-5-2/h8-9,11-12,15H,4-7,10,13-14H2,1-3H3. The Morgan fingerprint density at radius 3 is 2.38 bits per heavy atom. The van der Waals surface area contributed by atoms with Gasteiger partial charge in [0.1, 0.15) is 11.3 Å². The van der Waals surface area contributed by atoms with Gasteiger partial charge >= 0.3 is 6.18 Å². The van der Waals surface area contributed by atoms with Crippen LogP contribution in [0.2, 0.25) is 0 Å². The number of halogens is 3. The topological polar surface area (TPSA) is 47.5 Å². The van der Waals surface area contributed by atoms with Crippen molar-refractivity contribution in [1.29, 1.82) is 0 Å². The summed E-state index contributed by atoms with van der Waals surface area (Å²) in [7, 11) is 0. The summed E-state index contributed by atoms with van der Waals surface area (Å²) in [5.74, 6) is 0.327. The highest BCUT2D eigenvalue weighted by molar-refractivity contribution is 5.65.